The number of benzene rings is 2. The van der Waals surface area contributed by atoms with Gasteiger partial charge in [-0.05, 0) is 43.3 Å². The predicted octanol–water partition coefficient (Wildman–Crippen LogP) is 5.09. The van der Waals surface area contributed by atoms with Gasteiger partial charge in [-0.2, -0.15) is 0 Å². The maximum absolute atomic E-state index is 5.96. The lowest BCUT2D eigenvalue weighted by molar-refractivity contribution is 0.606. The van der Waals surface area contributed by atoms with E-state index < -0.39 is 0 Å². The molecule has 2 rings (SSSR count). The maximum Gasteiger partial charge on any atom is 0.0415 e. The van der Waals surface area contributed by atoms with Crippen molar-refractivity contribution in [3.05, 3.63) is 64.7 Å². The van der Waals surface area contributed by atoms with E-state index in [-0.39, 0.29) is 0 Å². The van der Waals surface area contributed by atoms with Crippen molar-refractivity contribution in [1.29, 1.82) is 0 Å². The molecule has 2 aromatic rings. The maximum atomic E-state index is 5.96. The second-order valence-electron chi connectivity index (χ2n) is 4.79. The Balaban J connectivity index is 2.02. The van der Waals surface area contributed by atoms with Gasteiger partial charge in [0, 0.05) is 21.7 Å². The second-order valence-corrected chi connectivity index (χ2v) is 6.32. The first-order valence-electron chi connectivity index (χ1n) is 6.87. The van der Waals surface area contributed by atoms with Crippen molar-refractivity contribution in [2.24, 2.45) is 0 Å². The Bertz CT molecular complexity index is 522. The summed E-state index contributed by atoms with van der Waals surface area (Å²) in [7, 11) is 0. The monoisotopic (exact) mass is 305 g/mol. The van der Waals surface area contributed by atoms with Crippen molar-refractivity contribution in [2.75, 3.05) is 12.3 Å². The summed E-state index contributed by atoms with van der Waals surface area (Å²) in [5.41, 5.74) is 2.59. The second kappa shape index (κ2) is 7.72. The minimum Gasteiger partial charge on any atom is -0.309 e. The fraction of sp³-hybridized carbons (Fsp3) is 0.294. The Morgan fingerprint density at radius 1 is 1.05 bits per heavy atom. The van der Waals surface area contributed by atoms with Crippen LogP contribution < -0.4 is 5.32 Å². The lowest BCUT2D eigenvalue weighted by Crippen LogP contribution is -2.22. The summed E-state index contributed by atoms with van der Waals surface area (Å²) in [5.74, 6) is 1.01. The first-order chi connectivity index (χ1) is 9.69. The van der Waals surface area contributed by atoms with Gasteiger partial charge in [0.15, 0.2) is 0 Å². The van der Waals surface area contributed by atoms with Crippen LogP contribution >= 0.6 is 23.4 Å². The average molecular weight is 306 g/mol. The van der Waals surface area contributed by atoms with E-state index in [0.717, 1.165) is 17.3 Å². The molecule has 0 saturated heterocycles. The van der Waals surface area contributed by atoms with Crippen LogP contribution in [0.1, 0.15) is 24.1 Å². The van der Waals surface area contributed by atoms with Crippen molar-refractivity contribution < 1.29 is 0 Å². The lowest BCUT2D eigenvalue weighted by atomic mass is 10.1. The highest BCUT2D eigenvalue weighted by molar-refractivity contribution is 7.99. The number of aryl methyl sites for hydroxylation is 1. The van der Waals surface area contributed by atoms with E-state index >= 15 is 0 Å². The van der Waals surface area contributed by atoms with E-state index in [4.69, 9.17) is 11.6 Å². The van der Waals surface area contributed by atoms with Gasteiger partial charge in [0.1, 0.15) is 0 Å². The summed E-state index contributed by atoms with van der Waals surface area (Å²) in [6, 6.07) is 17.2. The van der Waals surface area contributed by atoms with Gasteiger partial charge in [-0.1, -0.05) is 48.4 Å². The van der Waals surface area contributed by atoms with Gasteiger partial charge in [-0.25, -0.2) is 0 Å². The smallest absolute Gasteiger partial charge is 0.0415 e. The normalized spacial score (nSPS) is 12.3. The summed E-state index contributed by atoms with van der Waals surface area (Å²) in [4.78, 5) is 1.31. The van der Waals surface area contributed by atoms with Gasteiger partial charge in [0.2, 0.25) is 0 Å². The topological polar surface area (TPSA) is 12.0 Å². The quantitative estimate of drug-likeness (QED) is 0.746. The van der Waals surface area contributed by atoms with Crippen molar-refractivity contribution in [2.45, 2.75) is 24.8 Å². The summed E-state index contributed by atoms with van der Waals surface area (Å²) >= 11 is 7.84. The van der Waals surface area contributed by atoms with Gasteiger partial charge in [-0.3, -0.25) is 0 Å². The predicted molar refractivity (Wildman–Crippen MR) is 89.8 cm³/mol. The van der Waals surface area contributed by atoms with Crippen molar-refractivity contribution in [1.82, 2.24) is 5.32 Å². The molecule has 0 bridgehead atoms. The molecule has 0 saturated carbocycles. The van der Waals surface area contributed by atoms with Gasteiger partial charge in [0.05, 0.1) is 0 Å². The highest BCUT2D eigenvalue weighted by Gasteiger charge is 2.10. The largest absolute Gasteiger partial charge is 0.309 e. The van der Waals surface area contributed by atoms with Crippen LogP contribution in [0.5, 0.6) is 0 Å². The Morgan fingerprint density at radius 3 is 2.30 bits per heavy atom. The molecule has 0 aliphatic rings. The summed E-state index contributed by atoms with van der Waals surface area (Å²) in [5, 5.41) is 4.32. The van der Waals surface area contributed by atoms with E-state index in [1.54, 1.807) is 0 Å². The Kier molecular flexibility index (Phi) is 5.96. The average Bonchev–Trinajstić information content (AvgIpc) is 2.46. The first-order valence-corrected chi connectivity index (χ1v) is 8.23. The van der Waals surface area contributed by atoms with Crippen molar-refractivity contribution >= 4 is 23.4 Å². The molecular weight excluding hydrogens is 286 g/mol. The molecule has 0 radical (unpaired) electrons. The van der Waals surface area contributed by atoms with E-state index in [9.17, 15) is 0 Å². The Morgan fingerprint density at radius 2 is 1.70 bits per heavy atom. The molecule has 0 amide bonds. The molecule has 0 aliphatic heterocycles. The van der Waals surface area contributed by atoms with E-state index in [0.29, 0.717) is 6.04 Å². The molecule has 0 heterocycles. The zero-order chi connectivity index (χ0) is 14.4. The molecule has 1 unspecified atom stereocenters. The van der Waals surface area contributed by atoms with Crippen LogP contribution in [-0.4, -0.2) is 12.3 Å². The Hall–Kier alpha value is -0.960. The molecule has 3 heteroatoms. The number of thioether (sulfide) groups is 1. The van der Waals surface area contributed by atoms with Crippen LogP contribution in [0.2, 0.25) is 5.02 Å². The van der Waals surface area contributed by atoms with E-state index in [1.807, 2.05) is 23.9 Å². The SMILES string of the molecule is CCNC(CSc1ccc(C)cc1)c1ccc(Cl)cc1. The third-order valence-corrected chi connectivity index (χ3v) is 4.52. The molecule has 0 spiro atoms. The van der Waals surface area contributed by atoms with Crippen molar-refractivity contribution in [3.63, 3.8) is 0 Å². The van der Waals surface area contributed by atoms with Crippen molar-refractivity contribution in [3.8, 4) is 0 Å². The number of hydrogen-bond donors (Lipinski definition) is 1. The van der Waals surface area contributed by atoms with Gasteiger partial charge in [0.25, 0.3) is 0 Å². The van der Waals surface area contributed by atoms with E-state index in [2.05, 4.69) is 55.6 Å². The summed E-state index contributed by atoms with van der Waals surface area (Å²) in [6.45, 7) is 5.21. The third kappa shape index (κ3) is 4.55. The number of hydrogen-bond acceptors (Lipinski definition) is 2. The zero-order valence-electron chi connectivity index (χ0n) is 11.9. The molecule has 1 atom stereocenters. The molecule has 0 aromatic heterocycles. The lowest BCUT2D eigenvalue weighted by Gasteiger charge is -2.18. The van der Waals surface area contributed by atoms with Crippen LogP contribution in [0.4, 0.5) is 0 Å². The Labute approximate surface area is 130 Å². The number of nitrogens with one attached hydrogen (secondary N) is 1. The van der Waals surface area contributed by atoms with Gasteiger partial charge >= 0.3 is 0 Å². The molecule has 0 aliphatic carbocycles. The fourth-order valence-electron chi connectivity index (χ4n) is 2.03. The molecular formula is C17H20ClNS. The molecule has 0 fully saturated rings. The molecule has 106 valence electrons. The zero-order valence-corrected chi connectivity index (χ0v) is 13.5. The molecule has 2 aromatic carbocycles. The molecule has 1 nitrogen and oxygen atoms in total. The number of halogens is 1. The van der Waals surface area contributed by atoms with Crippen LogP contribution in [0.15, 0.2) is 53.4 Å². The van der Waals surface area contributed by atoms with Crippen LogP contribution in [0, 0.1) is 6.92 Å². The highest BCUT2D eigenvalue weighted by Crippen LogP contribution is 2.25. The molecule has 20 heavy (non-hydrogen) atoms. The van der Waals surface area contributed by atoms with Gasteiger partial charge in [-0.15, -0.1) is 11.8 Å². The standard InChI is InChI=1S/C17H20ClNS/c1-3-19-17(14-6-8-15(18)9-7-14)12-20-16-10-4-13(2)5-11-16/h4-11,17,19H,3,12H2,1-2H3. The van der Waals surface area contributed by atoms with Crippen LogP contribution in [0.3, 0.4) is 0 Å². The minimum absolute atomic E-state index is 0.351. The summed E-state index contributed by atoms with van der Waals surface area (Å²) < 4.78 is 0. The first kappa shape index (κ1) is 15.4. The van der Waals surface area contributed by atoms with Crippen LogP contribution in [-0.2, 0) is 0 Å². The summed E-state index contributed by atoms with van der Waals surface area (Å²) in [6.07, 6.45) is 0. The van der Waals surface area contributed by atoms with Crippen LogP contribution in [0.25, 0.3) is 0 Å². The van der Waals surface area contributed by atoms with Gasteiger partial charge < -0.3 is 5.32 Å². The number of rotatable bonds is 6. The molecule has 1 N–H and O–H groups in total. The minimum atomic E-state index is 0.351. The third-order valence-electron chi connectivity index (χ3n) is 3.16. The fourth-order valence-corrected chi connectivity index (χ4v) is 3.15. The highest BCUT2D eigenvalue weighted by atomic mass is 35.5. The van der Waals surface area contributed by atoms with E-state index in [1.165, 1.54) is 16.0 Å².